The van der Waals surface area contributed by atoms with Crippen LogP contribution in [-0.4, -0.2) is 37.5 Å². The number of alkyl halides is 3. The highest BCUT2D eigenvalue weighted by atomic mass is 35.5. The molecule has 1 aliphatic rings. The average molecular weight is 427 g/mol. The summed E-state index contributed by atoms with van der Waals surface area (Å²) in [4.78, 5) is 16.5. The number of likely N-dealkylation sites (N-methyl/N-ethyl adjacent to an activating group) is 1. The molecule has 1 amide bonds. The van der Waals surface area contributed by atoms with Gasteiger partial charge < -0.3 is 9.80 Å². The number of hydrogen-bond acceptors (Lipinski definition) is 2. The highest BCUT2D eigenvalue weighted by Crippen LogP contribution is 2.29. The van der Waals surface area contributed by atoms with Crippen molar-refractivity contribution in [2.75, 3.05) is 31.6 Å². The number of rotatable bonds is 6. The van der Waals surface area contributed by atoms with Gasteiger partial charge in [0.1, 0.15) is 0 Å². The van der Waals surface area contributed by atoms with Gasteiger partial charge in [0.25, 0.3) is 0 Å². The zero-order valence-corrected chi connectivity index (χ0v) is 17.2. The van der Waals surface area contributed by atoms with Crippen molar-refractivity contribution in [2.24, 2.45) is 0 Å². The van der Waals surface area contributed by atoms with E-state index in [-0.39, 0.29) is 24.7 Å². The van der Waals surface area contributed by atoms with E-state index in [4.69, 9.17) is 0 Å². The molecule has 29 heavy (non-hydrogen) atoms. The molecule has 7 heteroatoms. The Morgan fingerprint density at radius 2 is 1.66 bits per heavy atom. The molecule has 0 saturated carbocycles. The molecule has 0 atom stereocenters. The Morgan fingerprint density at radius 1 is 1.03 bits per heavy atom. The monoisotopic (exact) mass is 426 g/mol. The Morgan fingerprint density at radius 3 is 2.28 bits per heavy atom. The molecule has 0 aromatic heterocycles. The molecule has 2 aromatic carbocycles. The van der Waals surface area contributed by atoms with Crippen molar-refractivity contribution in [3.8, 4) is 0 Å². The Bertz CT molecular complexity index is 802. The summed E-state index contributed by atoms with van der Waals surface area (Å²) in [5, 5.41) is 0. The summed E-state index contributed by atoms with van der Waals surface area (Å²) in [7, 11) is 1.74. The van der Waals surface area contributed by atoms with Gasteiger partial charge >= 0.3 is 6.18 Å². The van der Waals surface area contributed by atoms with Crippen LogP contribution >= 0.6 is 12.4 Å². The van der Waals surface area contributed by atoms with Crippen LogP contribution in [0.25, 0.3) is 0 Å². The van der Waals surface area contributed by atoms with Crippen molar-refractivity contribution in [1.82, 2.24) is 4.90 Å². The van der Waals surface area contributed by atoms with E-state index in [9.17, 15) is 18.0 Å². The van der Waals surface area contributed by atoms with Crippen LogP contribution in [0.15, 0.2) is 48.5 Å². The third-order valence-corrected chi connectivity index (χ3v) is 5.22. The lowest BCUT2D eigenvalue weighted by Gasteiger charge is -2.23. The second-order valence-electron chi connectivity index (χ2n) is 7.26. The fraction of sp³-hybridized carbons (Fsp3) is 0.409. The number of carbonyl (C=O) groups excluding carboxylic acids is 1. The van der Waals surface area contributed by atoms with E-state index in [1.54, 1.807) is 11.9 Å². The molecular weight excluding hydrogens is 401 g/mol. The predicted molar refractivity (Wildman–Crippen MR) is 112 cm³/mol. The summed E-state index contributed by atoms with van der Waals surface area (Å²) < 4.78 is 37.9. The molecule has 0 aliphatic carbocycles. The molecule has 3 rings (SSSR count). The summed E-state index contributed by atoms with van der Waals surface area (Å²) in [6.45, 7) is 2.71. The normalized spacial score (nSPS) is 13.9. The number of amides is 1. The first-order valence-electron chi connectivity index (χ1n) is 9.57. The summed E-state index contributed by atoms with van der Waals surface area (Å²) >= 11 is 0. The van der Waals surface area contributed by atoms with Gasteiger partial charge in [-0.25, -0.2) is 0 Å². The quantitative estimate of drug-likeness (QED) is 0.651. The number of halogens is 4. The van der Waals surface area contributed by atoms with Gasteiger partial charge in [-0.05, 0) is 48.6 Å². The smallest absolute Gasteiger partial charge is 0.371 e. The van der Waals surface area contributed by atoms with E-state index < -0.39 is 11.7 Å². The third kappa shape index (κ3) is 6.13. The largest absolute Gasteiger partial charge is 0.416 e. The van der Waals surface area contributed by atoms with Crippen LogP contribution in [0.1, 0.15) is 29.5 Å². The zero-order valence-electron chi connectivity index (χ0n) is 16.4. The highest BCUT2D eigenvalue weighted by molar-refractivity contribution is 5.85. The molecular formula is C22H26ClF3N2O. The summed E-state index contributed by atoms with van der Waals surface area (Å²) in [5.41, 5.74) is 2.35. The van der Waals surface area contributed by atoms with Gasteiger partial charge in [0.2, 0.25) is 5.91 Å². The molecule has 1 heterocycles. The van der Waals surface area contributed by atoms with Gasteiger partial charge in [0.05, 0.1) is 12.0 Å². The zero-order chi connectivity index (χ0) is 20.1. The van der Waals surface area contributed by atoms with Crippen molar-refractivity contribution >= 4 is 24.0 Å². The van der Waals surface area contributed by atoms with Gasteiger partial charge in [-0.1, -0.05) is 30.3 Å². The molecule has 1 fully saturated rings. The Labute approximate surface area is 175 Å². The lowest BCUT2D eigenvalue weighted by Crippen LogP contribution is -2.30. The molecule has 1 aliphatic heterocycles. The van der Waals surface area contributed by atoms with Gasteiger partial charge in [0.15, 0.2) is 0 Å². The molecule has 1 saturated heterocycles. The first-order chi connectivity index (χ1) is 13.3. The second-order valence-corrected chi connectivity index (χ2v) is 7.26. The molecule has 0 radical (unpaired) electrons. The Balaban J connectivity index is 0.00000300. The fourth-order valence-electron chi connectivity index (χ4n) is 3.52. The van der Waals surface area contributed by atoms with Crippen LogP contribution < -0.4 is 4.90 Å². The van der Waals surface area contributed by atoms with Crippen molar-refractivity contribution in [3.05, 3.63) is 65.2 Å². The minimum absolute atomic E-state index is 0. The van der Waals surface area contributed by atoms with Crippen LogP contribution in [0, 0.1) is 0 Å². The molecule has 3 nitrogen and oxygen atoms in total. The van der Waals surface area contributed by atoms with E-state index in [1.807, 2.05) is 12.1 Å². The number of benzene rings is 2. The van der Waals surface area contributed by atoms with E-state index >= 15 is 0 Å². The van der Waals surface area contributed by atoms with E-state index in [1.165, 1.54) is 36.2 Å². The first kappa shape index (κ1) is 23.1. The third-order valence-electron chi connectivity index (χ3n) is 5.22. The lowest BCUT2D eigenvalue weighted by atomic mass is 10.1. The Kier molecular flexibility index (Phi) is 7.96. The highest BCUT2D eigenvalue weighted by Gasteiger charge is 2.30. The minimum Gasteiger partial charge on any atom is -0.371 e. The number of hydrogen-bond donors (Lipinski definition) is 0. The second kappa shape index (κ2) is 10.0. The topological polar surface area (TPSA) is 23.6 Å². The van der Waals surface area contributed by atoms with Crippen molar-refractivity contribution in [3.63, 3.8) is 0 Å². The molecule has 0 N–H and O–H groups in total. The van der Waals surface area contributed by atoms with E-state index in [0.29, 0.717) is 12.1 Å². The van der Waals surface area contributed by atoms with Gasteiger partial charge in [-0.3, -0.25) is 4.79 Å². The molecule has 2 aromatic rings. The van der Waals surface area contributed by atoms with Gasteiger partial charge in [0, 0.05) is 32.4 Å². The maximum Gasteiger partial charge on any atom is 0.416 e. The number of anilines is 1. The van der Waals surface area contributed by atoms with Crippen LogP contribution in [0.3, 0.4) is 0 Å². The average Bonchev–Trinajstić information content (AvgIpc) is 3.20. The van der Waals surface area contributed by atoms with Crippen LogP contribution in [0.4, 0.5) is 18.9 Å². The minimum atomic E-state index is -4.36. The van der Waals surface area contributed by atoms with Crippen molar-refractivity contribution in [1.29, 1.82) is 0 Å². The SMILES string of the molecule is CN(CCc1ccccc1N1CCCC1)C(=O)Cc1ccc(C(F)(F)F)cc1.Cl. The number of para-hydroxylation sites is 1. The standard InChI is InChI=1S/C22H25F3N2O.ClH/c1-26(21(28)16-17-8-10-19(11-9-17)22(23,24)25)15-12-18-6-2-3-7-20(18)27-13-4-5-14-27;/h2-3,6-11H,4-5,12-16H2,1H3;1H. The predicted octanol–water partition coefficient (Wildman–Crippen LogP) is 4.97. The van der Waals surface area contributed by atoms with Crippen LogP contribution in [0.2, 0.25) is 0 Å². The molecule has 0 bridgehead atoms. The Hall–Kier alpha value is -2.21. The maximum absolute atomic E-state index is 12.6. The summed E-state index contributed by atoms with van der Waals surface area (Å²) in [6, 6.07) is 13.1. The summed E-state index contributed by atoms with van der Waals surface area (Å²) in [6.07, 6.45) is -1.09. The van der Waals surface area contributed by atoms with E-state index in [2.05, 4.69) is 17.0 Å². The first-order valence-corrected chi connectivity index (χ1v) is 9.57. The van der Waals surface area contributed by atoms with Crippen LogP contribution in [-0.2, 0) is 23.8 Å². The maximum atomic E-state index is 12.6. The van der Waals surface area contributed by atoms with Crippen LogP contribution in [0.5, 0.6) is 0 Å². The van der Waals surface area contributed by atoms with Gasteiger partial charge in [-0.15, -0.1) is 12.4 Å². The van der Waals surface area contributed by atoms with Crippen molar-refractivity contribution in [2.45, 2.75) is 31.9 Å². The summed E-state index contributed by atoms with van der Waals surface area (Å²) in [5.74, 6) is -0.0987. The fourth-order valence-corrected chi connectivity index (χ4v) is 3.52. The molecule has 0 spiro atoms. The molecule has 0 unspecified atom stereocenters. The molecule has 158 valence electrons. The van der Waals surface area contributed by atoms with Crippen molar-refractivity contribution < 1.29 is 18.0 Å². The van der Waals surface area contributed by atoms with E-state index in [0.717, 1.165) is 31.6 Å². The number of nitrogens with zero attached hydrogens (tertiary/aromatic N) is 2. The van der Waals surface area contributed by atoms with Gasteiger partial charge in [-0.2, -0.15) is 13.2 Å². The lowest BCUT2D eigenvalue weighted by molar-refractivity contribution is -0.137. The number of carbonyl (C=O) groups is 1.